The van der Waals surface area contributed by atoms with Crippen molar-refractivity contribution in [2.24, 2.45) is 0 Å². The zero-order valence-corrected chi connectivity index (χ0v) is 8.79. The van der Waals surface area contributed by atoms with Crippen LogP contribution in [0, 0.1) is 0 Å². The Morgan fingerprint density at radius 3 is 2.85 bits per heavy atom. The molecular weight excluding hydrogens is 188 g/mol. The van der Waals surface area contributed by atoms with E-state index in [4.69, 9.17) is 14.6 Å². The predicted octanol–water partition coefficient (Wildman–Crippen LogP) is 1.03. The number of thioether (sulfide) groups is 1. The number of hydrogen-bond acceptors (Lipinski definition) is 4. The molecule has 1 N–H and O–H groups in total. The molecule has 76 valence electrons. The Hall–Kier alpha value is -0.0300. The first kappa shape index (κ1) is 11.0. The number of rotatable bonds is 4. The van der Waals surface area contributed by atoms with Gasteiger partial charge in [-0.3, -0.25) is 0 Å². The highest BCUT2D eigenvalue weighted by Crippen LogP contribution is 2.24. The van der Waals surface area contributed by atoms with Gasteiger partial charge in [0.1, 0.15) is 17.6 Å². The molecule has 3 nitrogen and oxygen atoms in total. The van der Waals surface area contributed by atoms with Crippen molar-refractivity contribution in [3.05, 3.63) is 12.2 Å². The molecule has 0 amide bonds. The highest BCUT2D eigenvalue weighted by atomic mass is 32.2. The van der Waals surface area contributed by atoms with Gasteiger partial charge in [-0.1, -0.05) is 19.1 Å². The van der Waals surface area contributed by atoms with Crippen LogP contribution in [0.1, 0.15) is 6.92 Å². The molecule has 0 saturated carbocycles. The topological polar surface area (TPSA) is 38.7 Å². The number of aliphatic hydroxyl groups is 1. The van der Waals surface area contributed by atoms with E-state index < -0.39 is 0 Å². The van der Waals surface area contributed by atoms with Crippen LogP contribution < -0.4 is 0 Å². The molecule has 0 radical (unpaired) electrons. The molecule has 3 atom stereocenters. The molecule has 0 fully saturated rings. The molecule has 1 heterocycles. The van der Waals surface area contributed by atoms with E-state index in [0.29, 0.717) is 0 Å². The van der Waals surface area contributed by atoms with Crippen molar-refractivity contribution in [1.82, 2.24) is 0 Å². The van der Waals surface area contributed by atoms with Crippen molar-refractivity contribution >= 4 is 11.8 Å². The van der Waals surface area contributed by atoms with Gasteiger partial charge in [0, 0.05) is 7.11 Å². The van der Waals surface area contributed by atoms with Gasteiger partial charge in [0.2, 0.25) is 0 Å². The SMILES string of the molecule is CCS[C@H]1O[C@H](CO)C=C[C@@H]1OC. The summed E-state index contributed by atoms with van der Waals surface area (Å²) in [5, 5.41) is 8.91. The normalized spacial score (nSPS) is 33.6. The lowest BCUT2D eigenvalue weighted by Crippen LogP contribution is -2.35. The van der Waals surface area contributed by atoms with Gasteiger partial charge >= 0.3 is 0 Å². The maximum Gasteiger partial charge on any atom is 0.133 e. The third-order valence-electron chi connectivity index (χ3n) is 1.88. The fourth-order valence-corrected chi connectivity index (χ4v) is 2.15. The smallest absolute Gasteiger partial charge is 0.133 e. The quantitative estimate of drug-likeness (QED) is 0.694. The van der Waals surface area contributed by atoms with Crippen LogP contribution >= 0.6 is 11.8 Å². The molecule has 0 aromatic heterocycles. The molecule has 4 heteroatoms. The monoisotopic (exact) mass is 204 g/mol. The van der Waals surface area contributed by atoms with Crippen molar-refractivity contribution in [3.63, 3.8) is 0 Å². The zero-order valence-electron chi connectivity index (χ0n) is 7.97. The molecule has 1 aliphatic rings. The van der Waals surface area contributed by atoms with Crippen LogP contribution in [-0.4, -0.2) is 42.2 Å². The first-order valence-electron chi connectivity index (χ1n) is 4.40. The van der Waals surface area contributed by atoms with Crippen LogP contribution in [0.2, 0.25) is 0 Å². The molecule has 1 aliphatic heterocycles. The lowest BCUT2D eigenvalue weighted by atomic mass is 10.2. The van der Waals surface area contributed by atoms with Gasteiger partial charge in [-0.2, -0.15) is 0 Å². The number of hydrogen-bond donors (Lipinski definition) is 1. The summed E-state index contributed by atoms with van der Waals surface area (Å²) in [6, 6.07) is 0. The summed E-state index contributed by atoms with van der Waals surface area (Å²) in [7, 11) is 1.67. The summed E-state index contributed by atoms with van der Waals surface area (Å²) in [6.07, 6.45) is 3.64. The van der Waals surface area contributed by atoms with Crippen LogP contribution in [0.25, 0.3) is 0 Å². The summed E-state index contributed by atoms with van der Waals surface area (Å²) < 4.78 is 10.8. The Balaban J connectivity index is 2.53. The lowest BCUT2D eigenvalue weighted by molar-refractivity contribution is -0.0406. The van der Waals surface area contributed by atoms with Crippen LogP contribution in [0.5, 0.6) is 0 Å². The maximum absolute atomic E-state index is 8.91. The highest BCUT2D eigenvalue weighted by Gasteiger charge is 2.26. The lowest BCUT2D eigenvalue weighted by Gasteiger charge is -2.30. The minimum absolute atomic E-state index is 0.00718. The highest BCUT2D eigenvalue weighted by molar-refractivity contribution is 7.99. The molecule has 0 aromatic carbocycles. The molecule has 0 unspecified atom stereocenters. The third kappa shape index (κ3) is 2.98. The molecule has 1 rings (SSSR count). The van der Waals surface area contributed by atoms with Crippen molar-refractivity contribution in [2.45, 2.75) is 24.6 Å². The van der Waals surface area contributed by atoms with Crippen LogP contribution in [0.15, 0.2) is 12.2 Å². The van der Waals surface area contributed by atoms with Gasteiger partial charge in [0.25, 0.3) is 0 Å². The average Bonchev–Trinajstić information content (AvgIpc) is 2.18. The van der Waals surface area contributed by atoms with Crippen molar-refractivity contribution < 1.29 is 14.6 Å². The van der Waals surface area contributed by atoms with Crippen LogP contribution in [-0.2, 0) is 9.47 Å². The fourth-order valence-electron chi connectivity index (χ4n) is 1.21. The third-order valence-corrected chi connectivity index (χ3v) is 2.92. The minimum atomic E-state index is -0.171. The summed E-state index contributed by atoms with van der Waals surface area (Å²) in [6.45, 7) is 2.11. The Labute approximate surface area is 83.1 Å². The molecule has 0 bridgehead atoms. The van der Waals surface area contributed by atoms with Gasteiger partial charge in [-0.05, 0) is 5.75 Å². The van der Waals surface area contributed by atoms with E-state index in [1.807, 2.05) is 12.2 Å². The fraction of sp³-hybridized carbons (Fsp3) is 0.778. The Bertz CT molecular complexity index is 172. The standard InChI is InChI=1S/C9H16O3S/c1-3-13-9-8(11-2)5-4-7(6-10)12-9/h4-5,7-10H,3,6H2,1-2H3/t7-,8-,9+/m0/s1. The van der Waals surface area contributed by atoms with E-state index in [9.17, 15) is 0 Å². The summed E-state index contributed by atoms with van der Waals surface area (Å²) >= 11 is 1.69. The number of aliphatic hydroxyl groups excluding tert-OH is 1. The number of methoxy groups -OCH3 is 1. The van der Waals surface area contributed by atoms with Gasteiger partial charge < -0.3 is 14.6 Å². The predicted molar refractivity (Wildman–Crippen MR) is 53.8 cm³/mol. The van der Waals surface area contributed by atoms with Crippen molar-refractivity contribution in [3.8, 4) is 0 Å². The van der Waals surface area contributed by atoms with Crippen molar-refractivity contribution in [1.29, 1.82) is 0 Å². The second-order valence-corrected chi connectivity index (χ2v) is 4.14. The Kier molecular flexibility index (Phi) is 4.80. The maximum atomic E-state index is 8.91. The van der Waals surface area contributed by atoms with E-state index in [1.54, 1.807) is 18.9 Å². The summed E-state index contributed by atoms with van der Waals surface area (Å²) in [5.74, 6) is 0.983. The second-order valence-electron chi connectivity index (χ2n) is 2.77. The van der Waals surface area contributed by atoms with Crippen LogP contribution in [0.4, 0.5) is 0 Å². The van der Waals surface area contributed by atoms with E-state index in [1.165, 1.54) is 0 Å². The first-order valence-corrected chi connectivity index (χ1v) is 5.45. The Morgan fingerprint density at radius 1 is 1.54 bits per heavy atom. The van der Waals surface area contributed by atoms with E-state index >= 15 is 0 Å². The van der Waals surface area contributed by atoms with Gasteiger partial charge in [-0.25, -0.2) is 0 Å². The molecule has 13 heavy (non-hydrogen) atoms. The molecule has 0 aromatic rings. The largest absolute Gasteiger partial charge is 0.393 e. The van der Waals surface area contributed by atoms with Crippen molar-refractivity contribution in [2.75, 3.05) is 19.5 Å². The number of ether oxygens (including phenoxy) is 2. The Morgan fingerprint density at radius 2 is 2.31 bits per heavy atom. The molecule has 0 saturated heterocycles. The van der Waals surface area contributed by atoms with Gasteiger partial charge in [0.05, 0.1) is 6.61 Å². The summed E-state index contributed by atoms with van der Waals surface area (Å²) in [5.41, 5.74) is 0.0112. The average molecular weight is 204 g/mol. The van der Waals surface area contributed by atoms with E-state index in [-0.39, 0.29) is 24.3 Å². The zero-order chi connectivity index (χ0) is 9.68. The summed E-state index contributed by atoms with van der Waals surface area (Å²) in [4.78, 5) is 0. The minimum Gasteiger partial charge on any atom is -0.393 e. The molecule has 0 spiro atoms. The molecular formula is C9H16O3S. The first-order chi connectivity index (χ1) is 6.31. The molecule has 0 aliphatic carbocycles. The van der Waals surface area contributed by atoms with Gasteiger partial charge in [0.15, 0.2) is 0 Å². The van der Waals surface area contributed by atoms with E-state index in [2.05, 4.69) is 6.92 Å². The van der Waals surface area contributed by atoms with Gasteiger partial charge in [-0.15, -0.1) is 11.8 Å². The van der Waals surface area contributed by atoms with Crippen LogP contribution in [0.3, 0.4) is 0 Å². The second kappa shape index (κ2) is 5.65. The van der Waals surface area contributed by atoms with E-state index in [0.717, 1.165) is 5.75 Å².